The highest BCUT2D eigenvalue weighted by molar-refractivity contribution is 5.68. The van der Waals surface area contributed by atoms with Crippen LogP contribution in [0.2, 0.25) is 0 Å². The Morgan fingerprint density at radius 2 is 1.90 bits per heavy atom. The van der Waals surface area contributed by atoms with E-state index in [0.29, 0.717) is 0 Å². The van der Waals surface area contributed by atoms with E-state index in [1.807, 2.05) is 47.7 Å². The van der Waals surface area contributed by atoms with E-state index >= 15 is 0 Å². The predicted molar refractivity (Wildman–Crippen MR) is 80.8 cm³/mol. The number of anilines is 1. The Balaban J connectivity index is 1.60. The van der Waals surface area contributed by atoms with Gasteiger partial charge in [-0.2, -0.15) is 0 Å². The van der Waals surface area contributed by atoms with Crippen molar-refractivity contribution in [3.63, 3.8) is 0 Å². The van der Waals surface area contributed by atoms with Crippen LogP contribution in [0.3, 0.4) is 0 Å². The fourth-order valence-electron chi connectivity index (χ4n) is 2.08. The highest BCUT2D eigenvalue weighted by Crippen LogP contribution is 2.21. The van der Waals surface area contributed by atoms with Gasteiger partial charge in [0.05, 0.1) is 12.8 Å². The molecule has 0 aliphatic carbocycles. The van der Waals surface area contributed by atoms with Gasteiger partial charge in [-0.3, -0.25) is 5.43 Å². The number of hydrazine groups is 2. The SMILES string of the molecule is COc1ccc(CNN2C=Cc3ccccc3N2)cc1. The van der Waals surface area contributed by atoms with Crippen LogP contribution in [0.25, 0.3) is 6.08 Å². The standard InChI is InChI=1S/C16H17N3O/c1-20-15-8-6-13(7-9-15)12-17-19-11-10-14-4-2-3-5-16(14)18-19/h2-11,17-18H,12H2,1H3. The molecule has 0 saturated carbocycles. The Kier molecular flexibility index (Phi) is 3.56. The maximum absolute atomic E-state index is 5.15. The molecule has 20 heavy (non-hydrogen) atoms. The highest BCUT2D eigenvalue weighted by atomic mass is 16.5. The second kappa shape index (κ2) is 5.67. The molecule has 1 aliphatic rings. The molecule has 0 atom stereocenters. The van der Waals surface area contributed by atoms with Gasteiger partial charge in [-0.15, -0.1) is 0 Å². The van der Waals surface area contributed by atoms with E-state index in [0.717, 1.165) is 18.0 Å². The number of nitrogens with zero attached hydrogens (tertiary/aromatic N) is 1. The summed E-state index contributed by atoms with van der Waals surface area (Å²) in [6.45, 7) is 0.740. The molecule has 1 heterocycles. The van der Waals surface area contributed by atoms with Gasteiger partial charge in [0.25, 0.3) is 0 Å². The molecule has 3 rings (SSSR count). The number of ether oxygens (including phenoxy) is 1. The molecular formula is C16H17N3O. The molecule has 0 saturated heterocycles. The van der Waals surface area contributed by atoms with Crippen LogP contribution >= 0.6 is 0 Å². The number of rotatable bonds is 4. The fourth-order valence-corrected chi connectivity index (χ4v) is 2.08. The van der Waals surface area contributed by atoms with E-state index in [2.05, 4.69) is 29.1 Å². The summed E-state index contributed by atoms with van der Waals surface area (Å²) in [6.07, 6.45) is 4.05. The summed E-state index contributed by atoms with van der Waals surface area (Å²) in [5.74, 6) is 0.874. The molecule has 0 aromatic heterocycles. The Bertz CT molecular complexity index is 607. The van der Waals surface area contributed by atoms with Gasteiger partial charge in [-0.25, -0.2) is 10.5 Å². The zero-order chi connectivity index (χ0) is 13.8. The summed E-state index contributed by atoms with van der Waals surface area (Å²) >= 11 is 0. The van der Waals surface area contributed by atoms with E-state index in [-0.39, 0.29) is 0 Å². The summed E-state index contributed by atoms with van der Waals surface area (Å²) in [7, 11) is 1.67. The lowest BCUT2D eigenvalue weighted by atomic mass is 10.1. The second-order valence-corrected chi connectivity index (χ2v) is 4.57. The first-order valence-electron chi connectivity index (χ1n) is 6.55. The van der Waals surface area contributed by atoms with Gasteiger partial charge in [0.2, 0.25) is 0 Å². The number of fused-ring (bicyclic) bond motifs is 1. The zero-order valence-corrected chi connectivity index (χ0v) is 11.3. The molecule has 0 radical (unpaired) electrons. The molecule has 1 aliphatic heterocycles. The molecule has 0 amide bonds. The van der Waals surface area contributed by atoms with Gasteiger partial charge in [-0.05, 0) is 29.8 Å². The number of benzene rings is 2. The Labute approximate surface area is 118 Å². The van der Waals surface area contributed by atoms with Crippen LogP contribution in [0.15, 0.2) is 54.7 Å². The average molecular weight is 267 g/mol. The van der Waals surface area contributed by atoms with Crippen molar-refractivity contribution in [1.29, 1.82) is 0 Å². The van der Waals surface area contributed by atoms with Gasteiger partial charge >= 0.3 is 0 Å². The Morgan fingerprint density at radius 3 is 2.70 bits per heavy atom. The van der Waals surface area contributed by atoms with E-state index in [1.165, 1.54) is 11.1 Å². The summed E-state index contributed by atoms with van der Waals surface area (Å²) in [6, 6.07) is 16.2. The molecule has 0 unspecified atom stereocenters. The minimum atomic E-state index is 0.740. The maximum Gasteiger partial charge on any atom is 0.118 e. The first-order chi connectivity index (χ1) is 9.85. The van der Waals surface area contributed by atoms with Crippen LogP contribution in [-0.2, 0) is 6.54 Å². The minimum absolute atomic E-state index is 0.740. The van der Waals surface area contributed by atoms with Crippen LogP contribution in [-0.4, -0.2) is 12.2 Å². The van der Waals surface area contributed by atoms with Gasteiger partial charge in [-0.1, -0.05) is 30.3 Å². The molecule has 102 valence electrons. The second-order valence-electron chi connectivity index (χ2n) is 4.57. The van der Waals surface area contributed by atoms with Gasteiger partial charge in [0.1, 0.15) is 5.75 Å². The first kappa shape index (κ1) is 12.6. The minimum Gasteiger partial charge on any atom is -0.497 e. The molecular weight excluding hydrogens is 250 g/mol. The van der Waals surface area contributed by atoms with Crippen molar-refractivity contribution >= 4 is 11.8 Å². The van der Waals surface area contributed by atoms with Gasteiger partial charge in [0, 0.05) is 18.3 Å². The lowest BCUT2D eigenvalue weighted by Crippen LogP contribution is -2.38. The number of para-hydroxylation sites is 1. The van der Waals surface area contributed by atoms with E-state index in [9.17, 15) is 0 Å². The largest absolute Gasteiger partial charge is 0.497 e. The van der Waals surface area contributed by atoms with Crippen molar-refractivity contribution in [1.82, 2.24) is 10.5 Å². The van der Waals surface area contributed by atoms with Crippen LogP contribution in [0.1, 0.15) is 11.1 Å². The van der Waals surface area contributed by atoms with Crippen LogP contribution < -0.4 is 15.6 Å². The van der Waals surface area contributed by atoms with Crippen molar-refractivity contribution < 1.29 is 4.74 Å². The average Bonchev–Trinajstić information content (AvgIpc) is 2.53. The van der Waals surface area contributed by atoms with Crippen LogP contribution in [0, 0.1) is 0 Å². The number of methoxy groups -OCH3 is 1. The maximum atomic E-state index is 5.15. The van der Waals surface area contributed by atoms with Crippen LogP contribution in [0.5, 0.6) is 5.75 Å². The fraction of sp³-hybridized carbons (Fsp3) is 0.125. The molecule has 4 nitrogen and oxygen atoms in total. The summed E-state index contributed by atoms with van der Waals surface area (Å²) in [5.41, 5.74) is 10.1. The Morgan fingerprint density at radius 1 is 1.10 bits per heavy atom. The van der Waals surface area contributed by atoms with Gasteiger partial charge in [0.15, 0.2) is 0 Å². The third-order valence-electron chi connectivity index (χ3n) is 3.22. The quantitative estimate of drug-likeness (QED) is 0.893. The molecule has 2 N–H and O–H groups in total. The summed E-state index contributed by atoms with van der Waals surface area (Å²) < 4.78 is 5.15. The van der Waals surface area contributed by atoms with Crippen LogP contribution in [0.4, 0.5) is 5.69 Å². The number of nitrogens with one attached hydrogen (secondary N) is 2. The van der Waals surface area contributed by atoms with E-state index < -0.39 is 0 Å². The van der Waals surface area contributed by atoms with Gasteiger partial charge < -0.3 is 4.74 Å². The normalized spacial score (nSPS) is 12.8. The van der Waals surface area contributed by atoms with Crippen molar-refractivity contribution in [2.75, 3.05) is 12.5 Å². The smallest absolute Gasteiger partial charge is 0.118 e. The van der Waals surface area contributed by atoms with Crippen molar-refractivity contribution in [3.8, 4) is 5.75 Å². The molecule has 0 fully saturated rings. The van der Waals surface area contributed by atoms with E-state index in [1.54, 1.807) is 7.11 Å². The molecule has 2 aromatic rings. The third kappa shape index (κ3) is 2.75. The molecule has 2 aromatic carbocycles. The molecule has 4 heteroatoms. The number of hydrogen-bond donors (Lipinski definition) is 2. The number of hydrogen-bond acceptors (Lipinski definition) is 4. The lowest BCUT2D eigenvalue weighted by molar-refractivity contribution is 0.318. The highest BCUT2D eigenvalue weighted by Gasteiger charge is 2.07. The Hall–Kier alpha value is -2.46. The molecule has 0 spiro atoms. The topological polar surface area (TPSA) is 36.5 Å². The summed E-state index contributed by atoms with van der Waals surface area (Å²) in [5, 5.41) is 1.87. The summed E-state index contributed by atoms with van der Waals surface area (Å²) in [4.78, 5) is 0. The van der Waals surface area contributed by atoms with Crippen molar-refractivity contribution in [2.45, 2.75) is 6.54 Å². The zero-order valence-electron chi connectivity index (χ0n) is 11.3. The van der Waals surface area contributed by atoms with Crippen molar-refractivity contribution in [3.05, 3.63) is 65.9 Å². The third-order valence-corrected chi connectivity index (χ3v) is 3.22. The first-order valence-corrected chi connectivity index (χ1v) is 6.55. The predicted octanol–water partition coefficient (Wildman–Crippen LogP) is 3.01. The van der Waals surface area contributed by atoms with E-state index in [4.69, 9.17) is 4.74 Å². The monoisotopic (exact) mass is 267 g/mol. The van der Waals surface area contributed by atoms with Crippen molar-refractivity contribution in [2.24, 2.45) is 0 Å². The molecule has 0 bridgehead atoms. The lowest BCUT2D eigenvalue weighted by Gasteiger charge is -2.27.